The molecule has 2 aromatic rings. The molecule has 0 saturated carbocycles. The average molecular weight is 321 g/mol. The van der Waals surface area contributed by atoms with Crippen molar-refractivity contribution in [3.8, 4) is 0 Å². The molecule has 3 N–H and O–H groups in total. The predicted molar refractivity (Wildman–Crippen MR) is 79.3 cm³/mol. The number of aryl methyl sites for hydroxylation is 1. The van der Waals surface area contributed by atoms with Crippen molar-refractivity contribution in [1.82, 2.24) is 19.5 Å². The maximum Gasteiger partial charge on any atom is 0.167 e. The summed E-state index contributed by atoms with van der Waals surface area (Å²) in [5.74, 6) is 0.141. The smallest absolute Gasteiger partial charge is 0.167 e. The largest absolute Gasteiger partial charge is 0.394 e. The molecule has 0 radical (unpaired) electrons. The fourth-order valence-electron chi connectivity index (χ4n) is 3.27. The fraction of sp³-hybridized carbons (Fsp3) is 0.643. The summed E-state index contributed by atoms with van der Waals surface area (Å²) in [5.41, 5.74) is 7.00. The molecule has 0 spiro atoms. The topological polar surface area (TPSA) is 118 Å². The Hall–Kier alpha value is -1.81. The number of rotatable bonds is 2. The number of nitrogens with zero attached hydrogens (tertiary/aromatic N) is 4. The lowest BCUT2D eigenvalue weighted by atomic mass is 10.1. The van der Waals surface area contributed by atoms with E-state index in [1.165, 1.54) is 0 Å². The first-order valence-corrected chi connectivity index (χ1v) is 7.48. The minimum absolute atomic E-state index is 0.153. The molecule has 4 heterocycles. The number of ether oxygens (including phenoxy) is 3. The lowest BCUT2D eigenvalue weighted by Gasteiger charge is -2.24. The molecule has 9 nitrogen and oxygen atoms in total. The molecule has 2 fully saturated rings. The van der Waals surface area contributed by atoms with Gasteiger partial charge in [-0.25, -0.2) is 15.0 Å². The highest BCUT2D eigenvalue weighted by Crippen LogP contribution is 2.43. The Morgan fingerprint density at radius 1 is 1.30 bits per heavy atom. The molecule has 4 atom stereocenters. The van der Waals surface area contributed by atoms with Crippen LogP contribution in [0.25, 0.3) is 11.2 Å². The van der Waals surface area contributed by atoms with Gasteiger partial charge < -0.3 is 25.1 Å². The number of nitrogens with two attached hydrogens (primary N) is 1. The Kier molecular flexibility index (Phi) is 3.11. The summed E-state index contributed by atoms with van der Waals surface area (Å²) >= 11 is 0. The van der Waals surface area contributed by atoms with Gasteiger partial charge in [0.25, 0.3) is 0 Å². The summed E-state index contributed by atoms with van der Waals surface area (Å²) in [6.45, 7) is 5.29. The van der Waals surface area contributed by atoms with Gasteiger partial charge in [-0.15, -0.1) is 0 Å². The SMILES string of the molecule is Cc1nc(N)c2ncn(C3O[C@H](CO)C4OC(C)(C)OC43)c2n1. The van der Waals surface area contributed by atoms with Gasteiger partial charge in [0.2, 0.25) is 0 Å². The number of aromatic nitrogens is 4. The third-order valence-electron chi connectivity index (χ3n) is 4.14. The average Bonchev–Trinajstić information content (AvgIpc) is 3.09. The van der Waals surface area contributed by atoms with E-state index >= 15 is 0 Å². The third-order valence-corrected chi connectivity index (χ3v) is 4.14. The summed E-state index contributed by atoms with van der Waals surface area (Å²) in [6, 6.07) is 0. The Balaban J connectivity index is 1.79. The highest BCUT2D eigenvalue weighted by molar-refractivity contribution is 5.81. The number of aliphatic hydroxyl groups is 1. The molecule has 2 saturated heterocycles. The van der Waals surface area contributed by atoms with Gasteiger partial charge in [0.15, 0.2) is 23.5 Å². The molecule has 0 aliphatic carbocycles. The molecule has 2 aromatic heterocycles. The molecule has 0 aromatic carbocycles. The van der Waals surface area contributed by atoms with Crippen molar-refractivity contribution in [2.24, 2.45) is 0 Å². The second kappa shape index (κ2) is 4.84. The molecule has 124 valence electrons. The van der Waals surface area contributed by atoms with E-state index in [1.807, 2.05) is 13.8 Å². The van der Waals surface area contributed by atoms with Crippen molar-refractivity contribution in [3.05, 3.63) is 12.2 Å². The van der Waals surface area contributed by atoms with Gasteiger partial charge >= 0.3 is 0 Å². The van der Waals surface area contributed by atoms with Crippen molar-refractivity contribution in [2.75, 3.05) is 12.3 Å². The van der Waals surface area contributed by atoms with Crippen LogP contribution in [0.4, 0.5) is 5.82 Å². The molecule has 4 rings (SSSR count). The highest BCUT2D eigenvalue weighted by Gasteiger charge is 2.55. The number of anilines is 1. The van der Waals surface area contributed by atoms with E-state index in [0.717, 1.165) is 0 Å². The number of imidazole rings is 1. The minimum Gasteiger partial charge on any atom is -0.394 e. The lowest BCUT2D eigenvalue weighted by Crippen LogP contribution is -2.31. The molecule has 9 heteroatoms. The monoisotopic (exact) mass is 321 g/mol. The van der Waals surface area contributed by atoms with Crippen molar-refractivity contribution in [2.45, 2.75) is 51.1 Å². The zero-order chi connectivity index (χ0) is 16.4. The van der Waals surface area contributed by atoms with E-state index in [1.54, 1.807) is 17.8 Å². The quantitative estimate of drug-likeness (QED) is 0.801. The van der Waals surface area contributed by atoms with Crippen molar-refractivity contribution in [3.63, 3.8) is 0 Å². The van der Waals surface area contributed by atoms with E-state index in [0.29, 0.717) is 22.8 Å². The van der Waals surface area contributed by atoms with Crippen LogP contribution in [-0.4, -0.2) is 55.3 Å². The second-order valence-corrected chi connectivity index (χ2v) is 6.29. The van der Waals surface area contributed by atoms with Crippen LogP contribution in [0.15, 0.2) is 6.33 Å². The Morgan fingerprint density at radius 2 is 2.04 bits per heavy atom. The summed E-state index contributed by atoms with van der Waals surface area (Å²) in [6.07, 6.45) is -0.0819. The first-order chi connectivity index (χ1) is 10.9. The van der Waals surface area contributed by atoms with Gasteiger partial charge in [-0.2, -0.15) is 0 Å². The van der Waals surface area contributed by atoms with E-state index in [-0.39, 0.29) is 18.8 Å². The minimum atomic E-state index is -0.731. The van der Waals surface area contributed by atoms with Crippen molar-refractivity contribution in [1.29, 1.82) is 0 Å². The molecule has 0 amide bonds. The highest BCUT2D eigenvalue weighted by atomic mass is 16.8. The molecule has 3 unspecified atom stereocenters. The molecule has 23 heavy (non-hydrogen) atoms. The van der Waals surface area contributed by atoms with Crippen molar-refractivity contribution < 1.29 is 19.3 Å². The van der Waals surface area contributed by atoms with Crippen LogP contribution in [0.5, 0.6) is 0 Å². The van der Waals surface area contributed by atoms with Gasteiger partial charge in [0, 0.05) is 0 Å². The number of hydrogen-bond acceptors (Lipinski definition) is 8. The van der Waals surface area contributed by atoms with E-state index < -0.39 is 18.1 Å². The van der Waals surface area contributed by atoms with Crippen LogP contribution >= 0.6 is 0 Å². The summed E-state index contributed by atoms with van der Waals surface area (Å²) in [5, 5.41) is 9.57. The Morgan fingerprint density at radius 3 is 2.78 bits per heavy atom. The van der Waals surface area contributed by atoms with Crippen LogP contribution < -0.4 is 5.73 Å². The predicted octanol–water partition coefficient (Wildman–Crippen LogP) is 0.127. The molecule has 2 aliphatic heterocycles. The number of fused-ring (bicyclic) bond motifs is 2. The molecular weight excluding hydrogens is 302 g/mol. The van der Waals surface area contributed by atoms with Gasteiger partial charge in [-0.1, -0.05) is 0 Å². The van der Waals surface area contributed by atoms with Crippen LogP contribution in [0.1, 0.15) is 25.9 Å². The van der Waals surface area contributed by atoms with Gasteiger partial charge in [0.05, 0.1) is 12.9 Å². The zero-order valence-electron chi connectivity index (χ0n) is 13.1. The summed E-state index contributed by atoms with van der Waals surface area (Å²) in [4.78, 5) is 12.8. The summed E-state index contributed by atoms with van der Waals surface area (Å²) < 4.78 is 19.5. The maximum absolute atomic E-state index is 9.57. The van der Waals surface area contributed by atoms with Gasteiger partial charge in [0.1, 0.15) is 29.7 Å². The number of hydrogen-bond donors (Lipinski definition) is 2. The standard InChI is InChI=1S/C14H19N5O4/c1-6-17-11(15)8-12(18-6)19(5-16-8)13-10-9(7(4-20)21-13)22-14(2,3)23-10/h5,7,9-10,13,20H,4H2,1-3H3,(H2,15,17,18)/t7-,9?,10?,13?/m1/s1. The molecular formula is C14H19N5O4. The van der Waals surface area contributed by atoms with Crippen LogP contribution in [0, 0.1) is 6.92 Å². The van der Waals surface area contributed by atoms with Crippen LogP contribution in [0.3, 0.4) is 0 Å². The van der Waals surface area contributed by atoms with Crippen molar-refractivity contribution >= 4 is 17.0 Å². The lowest BCUT2D eigenvalue weighted by molar-refractivity contribution is -0.199. The van der Waals surface area contributed by atoms with Gasteiger partial charge in [-0.05, 0) is 20.8 Å². The Labute approximate surface area is 132 Å². The fourth-order valence-corrected chi connectivity index (χ4v) is 3.27. The van der Waals surface area contributed by atoms with Gasteiger partial charge in [-0.3, -0.25) is 4.57 Å². The van der Waals surface area contributed by atoms with Crippen LogP contribution in [-0.2, 0) is 14.2 Å². The normalized spacial score (nSPS) is 32.5. The van der Waals surface area contributed by atoms with E-state index in [9.17, 15) is 5.11 Å². The first kappa shape index (κ1) is 14.8. The summed E-state index contributed by atoms with van der Waals surface area (Å²) in [7, 11) is 0. The number of nitrogen functional groups attached to an aromatic ring is 1. The molecule has 2 aliphatic rings. The third kappa shape index (κ3) is 2.19. The van der Waals surface area contributed by atoms with E-state index in [2.05, 4.69) is 15.0 Å². The Bertz CT molecular complexity index is 761. The zero-order valence-corrected chi connectivity index (χ0v) is 13.1. The number of aliphatic hydroxyl groups excluding tert-OH is 1. The molecule has 0 bridgehead atoms. The maximum atomic E-state index is 9.57. The first-order valence-electron chi connectivity index (χ1n) is 7.48. The van der Waals surface area contributed by atoms with E-state index in [4.69, 9.17) is 19.9 Å². The second-order valence-electron chi connectivity index (χ2n) is 6.29. The van der Waals surface area contributed by atoms with Crippen LogP contribution in [0.2, 0.25) is 0 Å².